The smallest absolute Gasteiger partial charge is 0.174 e. The van der Waals surface area contributed by atoms with Gasteiger partial charge < -0.3 is 10.2 Å². The SMILES string of the molecule is N=C1C(=Nc2ccc(C(O)NCCO)cc2)C=NN1c1ccccc1. The minimum absolute atomic E-state index is 0.0395. The van der Waals surface area contributed by atoms with Gasteiger partial charge in [-0.25, -0.2) is 10.0 Å². The average molecular weight is 337 g/mol. The third-order valence-electron chi connectivity index (χ3n) is 3.66. The molecule has 0 aliphatic carbocycles. The molecule has 25 heavy (non-hydrogen) atoms. The van der Waals surface area contributed by atoms with Crippen molar-refractivity contribution in [2.24, 2.45) is 10.1 Å². The summed E-state index contributed by atoms with van der Waals surface area (Å²) >= 11 is 0. The molecule has 0 fully saturated rings. The third kappa shape index (κ3) is 3.97. The topological polar surface area (TPSA) is 104 Å². The van der Waals surface area contributed by atoms with Gasteiger partial charge in [0.1, 0.15) is 11.9 Å². The molecule has 1 heterocycles. The molecule has 2 aromatic carbocycles. The number of aliphatic hydroxyl groups is 2. The van der Waals surface area contributed by atoms with Crippen molar-refractivity contribution in [1.82, 2.24) is 5.32 Å². The lowest BCUT2D eigenvalue weighted by Gasteiger charge is -2.13. The van der Waals surface area contributed by atoms with Gasteiger partial charge in [-0.05, 0) is 29.8 Å². The number of nitrogens with one attached hydrogen (secondary N) is 2. The monoisotopic (exact) mass is 337 g/mol. The molecule has 1 atom stereocenters. The number of amidine groups is 1. The maximum atomic E-state index is 9.91. The van der Waals surface area contributed by atoms with Crippen LogP contribution >= 0.6 is 0 Å². The first-order valence-corrected chi connectivity index (χ1v) is 7.88. The predicted octanol–water partition coefficient (Wildman–Crippen LogP) is 1.82. The van der Waals surface area contributed by atoms with Crippen LogP contribution in [0.25, 0.3) is 0 Å². The van der Waals surface area contributed by atoms with E-state index >= 15 is 0 Å². The predicted molar refractivity (Wildman–Crippen MR) is 98.7 cm³/mol. The van der Waals surface area contributed by atoms with Crippen LogP contribution in [0, 0.1) is 5.41 Å². The molecule has 0 saturated heterocycles. The molecule has 0 saturated carbocycles. The number of nitrogens with zero attached hydrogens (tertiary/aromatic N) is 3. The quantitative estimate of drug-likeness (QED) is 0.604. The van der Waals surface area contributed by atoms with E-state index in [2.05, 4.69) is 15.4 Å². The fourth-order valence-corrected chi connectivity index (χ4v) is 2.38. The molecular weight excluding hydrogens is 318 g/mol. The summed E-state index contributed by atoms with van der Waals surface area (Å²) in [6, 6.07) is 16.5. The summed E-state index contributed by atoms with van der Waals surface area (Å²) in [7, 11) is 0. The largest absolute Gasteiger partial charge is 0.395 e. The number of hydrazone groups is 1. The Balaban J connectivity index is 1.71. The molecule has 2 aromatic rings. The van der Waals surface area contributed by atoms with E-state index in [0.29, 0.717) is 23.5 Å². The summed E-state index contributed by atoms with van der Waals surface area (Å²) in [5.41, 5.74) is 2.62. The van der Waals surface area contributed by atoms with Gasteiger partial charge in [-0.2, -0.15) is 5.10 Å². The van der Waals surface area contributed by atoms with Gasteiger partial charge in [-0.3, -0.25) is 10.7 Å². The van der Waals surface area contributed by atoms with Crippen LogP contribution in [0.3, 0.4) is 0 Å². The molecule has 0 spiro atoms. The number of hydrogen-bond donors (Lipinski definition) is 4. The molecule has 4 N–H and O–H groups in total. The number of benzene rings is 2. The van der Waals surface area contributed by atoms with Crippen molar-refractivity contribution < 1.29 is 10.2 Å². The molecular formula is C18H19N5O2. The van der Waals surface area contributed by atoms with E-state index in [-0.39, 0.29) is 12.4 Å². The zero-order valence-electron chi connectivity index (χ0n) is 13.5. The molecule has 1 aliphatic heterocycles. The highest BCUT2D eigenvalue weighted by Crippen LogP contribution is 2.20. The van der Waals surface area contributed by atoms with Crippen molar-refractivity contribution in [3.63, 3.8) is 0 Å². The van der Waals surface area contributed by atoms with Crippen molar-refractivity contribution in [3.05, 3.63) is 60.2 Å². The Bertz CT molecular complexity index is 787. The van der Waals surface area contributed by atoms with Gasteiger partial charge in [-0.1, -0.05) is 30.3 Å². The molecule has 0 bridgehead atoms. The van der Waals surface area contributed by atoms with Crippen LogP contribution in [-0.4, -0.2) is 41.1 Å². The van der Waals surface area contributed by atoms with Gasteiger partial charge in [-0.15, -0.1) is 0 Å². The maximum absolute atomic E-state index is 9.91. The van der Waals surface area contributed by atoms with E-state index in [1.165, 1.54) is 5.01 Å². The number of para-hydroxylation sites is 1. The molecule has 0 amide bonds. The minimum Gasteiger partial charge on any atom is -0.395 e. The third-order valence-corrected chi connectivity index (χ3v) is 3.66. The van der Waals surface area contributed by atoms with Gasteiger partial charge in [0, 0.05) is 6.54 Å². The lowest BCUT2D eigenvalue weighted by molar-refractivity contribution is 0.129. The average Bonchev–Trinajstić information content (AvgIpc) is 3.01. The molecule has 1 unspecified atom stereocenters. The van der Waals surface area contributed by atoms with E-state index in [0.717, 1.165) is 5.69 Å². The normalized spacial score (nSPS) is 16.6. The first-order chi connectivity index (χ1) is 12.2. The molecule has 7 heteroatoms. The van der Waals surface area contributed by atoms with Crippen LogP contribution in [0.2, 0.25) is 0 Å². The summed E-state index contributed by atoms with van der Waals surface area (Å²) in [5.74, 6) is 0.208. The van der Waals surface area contributed by atoms with E-state index < -0.39 is 6.23 Å². The van der Waals surface area contributed by atoms with E-state index in [1.807, 2.05) is 30.3 Å². The van der Waals surface area contributed by atoms with Crippen LogP contribution in [0.4, 0.5) is 11.4 Å². The number of anilines is 1. The Morgan fingerprint density at radius 3 is 2.52 bits per heavy atom. The first-order valence-electron chi connectivity index (χ1n) is 7.88. The summed E-state index contributed by atoms with van der Waals surface area (Å²) in [6.45, 7) is 0.274. The second-order valence-corrected chi connectivity index (χ2v) is 5.41. The molecule has 1 aliphatic rings. The van der Waals surface area contributed by atoms with Crippen molar-refractivity contribution in [3.8, 4) is 0 Å². The molecule has 3 rings (SSSR count). The number of rotatable bonds is 6. The Morgan fingerprint density at radius 1 is 1.12 bits per heavy atom. The molecule has 7 nitrogen and oxygen atoms in total. The van der Waals surface area contributed by atoms with Crippen molar-refractivity contribution in [1.29, 1.82) is 5.41 Å². The van der Waals surface area contributed by atoms with Gasteiger partial charge in [0.15, 0.2) is 5.84 Å². The van der Waals surface area contributed by atoms with Gasteiger partial charge in [0.05, 0.1) is 24.2 Å². The number of aliphatic imine (C=N–C) groups is 1. The van der Waals surface area contributed by atoms with Gasteiger partial charge >= 0.3 is 0 Å². The van der Waals surface area contributed by atoms with Crippen LogP contribution in [0.15, 0.2) is 64.7 Å². The molecule has 128 valence electrons. The van der Waals surface area contributed by atoms with Crippen molar-refractivity contribution >= 4 is 29.1 Å². The standard InChI is InChI=1S/C18H19N5O2/c19-17-16(12-21-23(17)15-4-2-1-3-5-15)22-14-8-6-13(7-9-14)18(25)20-10-11-24/h1-9,12,18-20,24-25H,10-11H2. The van der Waals surface area contributed by atoms with Gasteiger partial charge in [0.25, 0.3) is 0 Å². The van der Waals surface area contributed by atoms with Crippen LogP contribution in [0.5, 0.6) is 0 Å². The highest BCUT2D eigenvalue weighted by molar-refractivity contribution is 6.67. The Hall–Kier alpha value is -2.87. The fourth-order valence-electron chi connectivity index (χ4n) is 2.38. The lowest BCUT2D eigenvalue weighted by Crippen LogP contribution is -2.25. The van der Waals surface area contributed by atoms with E-state index in [4.69, 9.17) is 10.5 Å². The van der Waals surface area contributed by atoms with Crippen LogP contribution in [0.1, 0.15) is 11.8 Å². The Labute approximate surface area is 145 Å². The van der Waals surface area contributed by atoms with E-state index in [1.54, 1.807) is 30.5 Å². The summed E-state index contributed by atoms with van der Waals surface area (Å²) in [6.07, 6.45) is 0.717. The van der Waals surface area contributed by atoms with Crippen molar-refractivity contribution in [2.75, 3.05) is 18.2 Å². The minimum atomic E-state index is -0.839. The highest BCUT2D eigenvalue weighted by Gasteiger charge is 2.21. The zero-order valence-corrected chi connectivity index (χ0v) is 13.5. The van der Waals surface area contributed by atoms with Crippen molar-refractivity contribution in [2.45, 2.75) is 6.23 Å². The van der Waals surface area contributed by atoms with E-state index in [9.17, 15) is 5.11 Å². The summed E-state index contributed by atoms with van der Waals surface area (Å²) < 4.78 is 0. The van der Waals surface area contributed by atoms with Crippen LogP contribution in [-0.2, 0) is 0 Å². The second-order valence-electron chi connectivity index (χ2n) is 5.41. The number of aliphatic hydroxyl groups excluding tert-OH is 2. The number of hydrogen-bond acceptors (Lipinski definition) is 6. The Kier molecular flexibility index (Phi) is 5.30. The van der Waals surface area contributed by atoms with Gasteiger partial charge in [0.2, 0.25) is 0 Å². The second kappa shape index (κ2) is 7.80. The lowest BCUT2D eigenvalue weighted by atomic mass is 10.2. The zero-order chi connectivity index (χ0) is 17.6. The van der Waals surface area contributed by atoms with Crippen LogP contribution < -0.4 is 10.3 Å². The fraction of sp³-hybridized carbons (Fsp3) is 0.167. The Morgan fingerprint density at radius 2 is 1.84 bits per heavy atom. The summed E-state index contributed by atoms with van der Waals surface area (Å²) in [4.78, 5) is 4.44. The highest BCUT2D eigenvalue weighted by atomic mass is 16.3. The molecule has 0 aromatic heterocycles. The maximum Gasteiger partial charge on any atom is 0.174 e. The first kappa shape index (κ1) is 17.0. The summed E-state index contributed by atoms with van der Waals surface area (Å²) in [5, 5.41) is 35.4. The molecule has 0 radical (unpaired) electrons.